The van der Waals surface area contributed by atoms with E-state index in [0.717, 1.165) is 5.75 Å². The van der Waals surface area contributed by atoms with Crippen molar-refractivity contribution in [3.8, 4) is 0 Å². The second-order valence-electron chi connectivity index (χ2n) is 7.53. The van der Waals surface area contributed by atoms with E-state index in [4.69, 9.17) is 4.74 Å². The van der Waals surface area contributed by atoms with Crippen molar-refractivity contribution in [3.05, 3.63) is 35.9 Å². The van der Waals surface area contributed by atoms with Crippen molar-refractivity contribution in [2.45, 2.75) is 62.0 Å². The van der Waals surface area contributed by atoms with Gasteiger partial charge in [-0.3, -0.25) is 0 Å². The van der Waals surface area contributed by atoms with E-state index in [1.165, 1.54) is 57.1 Å². The molecule has 1 aliphatic carbocycles. The van der Waals surface area contributed by atoms with Gasteiger partial charge in [-0.15, -0.1) is 11.8 Å². The zero-order chi connectivity index (χ0) is 15.7. The normalized spacial score (nSPS) is 36.6. The van der Waals surface area contributed by atoms with Crippen LogP contribution in [-0.2, 0) is 9.67 Å². The van der Waals surface area contributed by atoms with Crippen LogP contribution in [0.5, 0.6) is 0 Å². The Bertz CT molecular complexity index is 516. The number of likely N-dealkylation sites (N-methyl/N-ethyl adjacent to an activating group) is 1. The van der Waals surface area contributed by atoms with Gasteiger partial charge in [0.25, 0.3) is 0 Å². The lowest BCUT2D eigenvalue weighted by Crippen LogP contribution is -2.41. The molecule has 0 amide bonds. The lowest BCUT2D eigenvalue weighted by atomic mass is 9.82. The summed E-state index contributed by atoms with van der Waals surface area (Å²) in [5.74, 6) is 1.83. The molecular weight excluding hydrogens is 302 g/mol. The second-order valence-corrected chi connectivity index (χ2v) is 8.75. The molecule has 23 heavy (non-hydrogen) atoms. The largest absolute Gasteiger partial charge is 0.354 e. The van der Waals surface area contributed by atoms with Crippen LogP contribution in [-0.4, -0.2) is 36.4 Å². The Morgan fingerprint density at radius 3 is 2.52 bits per heavy atom. The molecule has 2 nitrogen and oxygen atoms in total. The zero-order valence-corrected chi connectivity index (χ0v) is 15.1. The summed E-state index contributed by atoms with van der Waals surface area (Å²) in [5, 5.41) is 0. The maximum Gasteiger partial charge on any atom is 0.142 e. The first-order valence-corrected chi connectivity index (χ1v) is 10.4. The van der Waals surface area contributed by atoms with Crippen LogP contribution >= 0.6 is 11.8 Å². The molecule has 2 saturated heterocycles. The van der Waals surface area contributed by atoms with Crippen molar-refractivity contribution < 1.29 is 4.74 Å². The standard InChI is InChI=1S/C20H29NOS/c1-21-14-8-13-18(21)19-15-23-20(22-19,16-9-4-2-5-10-16)17-11-6-3-7-12-17/h2,4-5,9-10,17-19H,3,6-8,11-15H2,1H3/t18-,19+,20+/m1/s1. The zero-order valence-electron chi connectivity index (χ0n) is 14.2. The van der Waals surface area contributed by atoms with Crippen LogP contribution in [0.3, 0.4) is 0 Å². The Hall–Kier alpha value is -0.510. The number of likely N-dealkylation sites (tertiary alicyclic amines) is 1. The molecule has 3 aliphatic rings. The molecular formula is C20H29NOS. The van der Waals surface area contributed by atoms with Gasteiger partial charge in [0.2, 0.25) is 0 Å². The Kier molecular flexibility index (Phi) is 4.71. The van der Waals surface area contributed by atoms with Crippen LogP contribution in [0.1, 0.15) is 50.5 Å². The van der Waals surface area contributed by atoms with E-state index in [2.05, 4.69) is 54.0 Å². The summed E-state index contributed by atoms with van der Waals surface area (Å²) >= 11 is 2.10. The van der Waals surface area contributed by atoms with Crippen molar-refractivity contribution in [2.24, 2.45) is 5.92 Å². The van der Waals surface area contributed by atoms with Gasteiger partial charge in [-0.1, -0.05) is 49.6 Å². The molecule has 0 radical (unpaired) electrons. The average Bonchev–Trinajstić information content (AvgIpc) is 3.23. The molecule has 2 heterocycles. The summed E-state index contributed by atoms with van der Waals surface area (Å²) < 4.78 is 6.95. The Labute approximate surface area is 145 Å². The van der Waals surface area contributed by atoms with Crippen LogP contribution in [0, 0.1) is 5.92 Å². The van der Waals surface area contributed by atoms with E-state index in [1.54, 1.807) is 0 Å². The molecule has 1 aromatic carbocycles. The maximum absolute atomic E-state index is 6.95. The lowest BCUT2D eigenvalue weighted by molar-refractivity contribution is -0.0781. The number of ether oxygens (including phenoxy) is 1. The SMILES string of the molecule is CN1CCC[C@@H]1[C@@H]1CS[C@@](c2ccccc2)(C2CCCCC2)O1. The topological polar surface area (TPSA) is 12.5 Å². The third-order valence-corrected chi connectivity index (χ3v) is 7.70. The van der Waals surface area contributed by atoms with E-state index < -0.39 is 0 Å². The molecule has 1 aromatic rings. The number of hydrogen-bond donors (Lipinski definition) is 0. The van der Waals surface area contributed by atoms with E-state index in [-0.39, 0.29) is 4.93 Å². The second kappa shape index (κ2) is 6.78. The fourth-order valence-corrected chi connectivity index (χ4v) is 6.52. The van der Waals surface area contributed by atoms with E-state index in [0.29, 0.717) is 18.1 Å². The van der Waals surface area contributed by atoms with Gasteiger partial charge in [0.1, 0.15) is 4.93 Å². The van der Waals surface area contributed by atoms with Crippen molar-refractivity contribution in [1.82, 2.24) is 4.90 Å². The maximum atomic E-state index is 6.95. The van der Waals surface area contributed by atoms with Gasteiger partial charge in [-0.05, 0) is 44.8 Å². The van der Waals surface area contributed by atoms with Crippen LogP contribution in [0.4, 0.5) is 0 Å². The molecule has 3 atom stereocenters. The van der Waals surface area contributed by atoms with Crippen LogP contribution < -0.4 is 0 Å². The predicted molar refractivity (Wildman–Crippen MR) is 97.7 cm³/mol. The van der Waals surface area contributed by atoms with Crippen LogP contribution in [0.25, 0.3) is 0 Å². The van der Waals surface area contributed by atoms with Gasteiger partial charge in [-0.2, -0.15) is 0 Å². The Balaban J connectivity index is 1.62. The first kappa shape index (κ1) is 16.0. The van der Waals surface area contributed by atoms with Gasteiger partial charge in [0.15, 0.2) is 0 Å². The first-order chi connectivity index (χ1) is 11.3. The minimum absolute atomic E-state index is 0.0875. The Morgan fingerprint density at radius 1 is 1.04 bits per heavy atom. The van der Waals surface area contributed by atoms with Crippen molar-refractivity contribution >= 4 is 11.8 Å². The van der Waals surface area contributed by atoms with E-state index >= 15 is 0 Å². The average molecular weight is 332 g/mol. The summed E-state index contributed by atoms with van der Waals surface area (Å²) in [7, 11) is 2.27. The fourth-order valence-electron chi connectivity index (χ4n) is 4.85. The molecule has 3 heteroatoms. The van der Waals surface area contributed by atoms with Gasteiger partial charge in [-0.25, -0.2) is 0 Å². The smallest absolute Gasteiger partial charge is 0.142 e. The lowest BCUT2D eigenvalue weighted by Gasteiger charge is -2.40. The molecule has 4 rings (SSSR count). The van der Waals surface area contributed by atoms with E-state index in [9.17, 15) is 0 Å². The summed E-state index contributed by atoms with van der Waals surface area (Å²) in [6, 6.07) is 11.7. The van der Waals surface area contributed by atoms with Crippen molar-refractivity contribution in [3.63, 3.8) is 0 Å². The molecule has 0 aromatic heterocycles. The third-order valence-electron chi connectivity index (χ3n) is 6.11. The third kappa shape index (κ3) is 2.96. The summed E-state index contributed by atoms with van der Waals surface area (Å²) in [5.41, 5.74) is 1.40. The quantitative estimate of drug-likeness (QED) is 0.800. The minimum Gasteiger partial charge on any atom is -0.354 e. The highest BCUT2D eigenvalue weighted by atomic mass is 32.2. The number of rotatable bonds is 3. The molecule has 0 unspecified atom stereocenters. The molecule has 1 saturated carbocycles. The van der Waals surface area contributed by atoms with Crippen molar-refractivity contribution in [2.75, 3.05) is 19.3 Å². The predicted octanol–water partition coefficient (Wildman–Crippen LogP) is 4.65. The fraction of sp³-hybridized carbons (Fsp3) is 0.700. The number of hydrogen-bond acceptors (Lipinski definition) is 3. The van der Waals surface area contributed by atoms with Gasteiger partial charge >= 0.3 is 0 Å². The summed E-state index contributed by atoms with van der Waals surface area (Å²) in [6.07, 6.45) is 9.83. The van der Waals surface area contributed by atoms with Gasteiger partial charge < -0.3 is 9.64 Å². The number of nitrogens with zero attached hydrogens (tertiary/aromatic N) is 1. The summed E-state index contributed by atoms with van der Waals surface area (Å²) in [6.45, 7) is 1.23. The summed E-state index contributed by atoms with van der Waals surface area (Å²) in [4.78, 5) is 2.43. The number of benzene rings is 1. The number of thioether (sulfide) groups is 1. The molecule has 0 spiro atoms. The highest BCUT2D eigenvalue weighted by Crippen LogP contribution is 2.55. The van der Waals surface area contributed by atoms with Crippen molar-refractivity contribution in [1.29, 1.82) is 0 Å². The monoisotopic (exact) mass is 331 g/mol. The Morgan fingerprint density at radius 2 is 1.83 bits per heavy atom. The molecule has 3 fully saturated rings. The van der Waals surface area contributed by atoms with Crippen LogP contribution in [0.15, 0.2) is 30.3 Å². The van der Waals surface area contributed by atoms with Gasteiger partial charge in [0.05, 0.1) is 6.10 Å². The minimum atomic E-state index is -0.0875. The van der Waals surface area contributed by atoms with E-state index in [1.807, 2.05) is 0 Å². The molecule has 2 aliphatic heterocycles. The highest BCUT2D eigenvalue weighted by molar-refractivity contribution is 8.00. The molecule has 126 valence electrons. The van der Waals surface area contributed by atoms with Gasteiger partial charge in [0, 0.05) is 17.7 Å². The highest BCUT2D eigenvalue weighted by Gasteiger charge is 2.51. The van der Waals surface area contributed by atoms with Crippen LogP contribution in [0.2, 0.25) is 0 Å². The molecule has 0 bridgehead atoms. The molecule has 0 N–H and O–H groups in total. The first-order valence-electron chi connectivity index (χ1n) is 9.37.